The van der Waals surface area contributed by atoms with Gasteiger partial charge in [-0.1, -0.05) is 26.0 Å². The van der Waals surface area contributed by atoms with Crippen LogP contribution in [-0.4, -0.2) is 38.9 Å². The van der Waals surface area contributed by atoms with Crippen molar-refractivity contribution < 1.29 is 9.53 Å². The molecule has 7 heteroatoms. The number of nitrogens with one attached hydrogen (secondary N) is 1. The topological polar surface area (TPSA) is 95.1 Å². The number of nitrogens with zero attached hydrogens (tertiary/aromatic N) is 3. The molecule has 1 fully saturated rings. The van der Waals surface area contributed by atoms with Gasteiger partial charge < -0.3 is 15.8 Å². The van der Waals surface area contributed by atoms with Gasteiger partial charge in [-0.2, -0.15) is 5.10 Å². The zero-order chi connectivity index (χ0) is 18.9. The van der Waals surface area contributed by atoms with Crippen molar-refractivity contribution in [3.63, 3.8) is 0 Å². The number of rotatable bonds is 6. The molecule has 3 rings (SSSR count). The van der Waals surface area contributed by atoms with Crippen LogP contribution in [0.25, 0.3) is 5.69 Å². The molecule has 1 saturated carbocycles. The molecule has 140 valence electrons. The highest BCUT2D eigenvalue weighted by Gasteiger charge is 2.62. The predicted octanol–water partition coefficient (Wildman–Crippen LogP) is 1.98. The van der Waals surface area contributed by atoms with E-state index < -0.39 is 11.0 Å². The van der Waals surface area contributed by atoms with Gasteiger partial charge in [0.1, 0.15) is 18.2 Å². The number of hydrogen-bond donors (Lipinski definition) is 2. The average Bonchev–Trinajstić information content (AvgIpc) is 3.16. The van der Waals surface area contributed by atoms with Gasteiger partial charge >= 0.3 is 0 Å². The summed E-state index contributed by atoms with van der Waals surface area (Å²) in [5.74, 6) is -0.133. The molecule has 0 saturated heterocycles. The number of aromatic nitrogens is 3. The molecule has 0 aliphatic heterocycles. The molecule has 3 atom stereocenters. The zero-order valence-corrected chi connectivity index (χ0v) is 15.8. The van der Waals surface area contributed by atoms with Gasteiger partial charge in [0.05, 0.1) is 17.8 Å². The first-order valence-electron chi connectivity index (χ1n) is 8.96. The molecule has 1 aromatic heterocycles. The van der Waals surface area contributed by atoms with E-state index in [1.165, 1.54) is 6.33 Å². The minimum absolute atomic E-state index is 0.0144. The predicted molar refractivity (Wildman–Crippen MR) is 98.6 cm³/mol. The monoisotopic (exact) mass is 357 g/mol. The van der Waals surface area contributed by atoms with Crippen LogP contribution in [0.4, 0.5) is 0 Å². The second-order valence-electron chi connectivity index (χ2n) is 7.47. The Labute approximate surface area is 153 Å². The van der Waals surface area contributed by atoms with Crippen LogP contribution in [0.5, 0.6) is 0 Å². The van der Waals surface area contributed by atoms with Gasteiger partial charge in [-0.05, 0) is 31.5 Å². The Morgan fingerprint density at radius 3 is 2.65 bits per heavy atom. The van der Waals surface area contributed by atoms with Crippen LogP contribution in [0.2, 0.25) is 0 Å². The van der Waals surface area contributed by atoms with Gasteiger partial charge in [0.25, 0.3) is 0 Å². The van der Waals surface area contributed by atoms with E-state index in [1.54, 1.807) is 11.0 Å². The number of carbonyl (C=O) groups is 1. The van der Waals surface area contributed by atoms with E-state index in [0.717, 1.165) is 11.3 Å². The first kappa shape index (κ1) is 18.5. The SMILES string of the molecule is CCOC1CC(N)(C(=O)NC(C)c2ccc(-n3cncn3)cc2)C1(C)C. The smallest absolute Gasteiger partial charge is 0.241 e. The third kappa shape index (κ3) is 3.01. The fraction of sp³-hybridized carbons (Fsp3) is 0.526. The van der Waals surface area contributed by atoms with Crippen molar-refractivity contribution >= 4 is 5.91 Å². The molecule has 2 aromatic rings. The standard InChI is InChI=1S/C19H27N5O2/c1-5-26-16-10-19(20,18(16,3)4)17(25)23-13(2)14-6-8-15(9-7-14)24-12-21-11-22-24/h6-9,11-13,16H,5,10,20H2,1-4H3,(H,23,25). The zero-order valence-electron chi connectivity index (χ0n) is 15.8. The second kappa shape index (κ2) is 6.81. The summed E-state index contributed by atoms with van der Waals surface area (Å²) in [7, 11) is 0. The van der Waals surface area contributed by atoms with Gasteiger partial charge in [0, 0.05) is 18.4 Å². The highest BCUT2D eigenvalue weighted by Crippen LogP contribution is 2.50. The summed E-state index contributed by atoms with van der Waals surface area (Å²) in [6.07, 6.45) is 3.69. The Kier molecular flexibility index (Phi) is 4.86. The molecule has 7 nitrogen and oxygen atoms in total. The number of amides is 1. The minimum atomic E-state index is -0.915. The van der Waals surface area contributed by atoms with Gasteiger partial charge in [-0.3, -0.25) is 4.79 Å². The molecule has 3 N–H and O–H groups in total. The fourth-order valence-corrected chi connectivity index (χ4v) is 3.49. The van der Waals surface area contributed by atoms with E-state index in [9.17, 15) is 4.79 Å². The van der Waals surface area contributed by atoms with E-state index in [0.29, 0.717) is 13.0 Å². The minimum Gasteiger partial charge on any atom is -0.378 e. The van der Waals surface area contributed by atoms with E-state index in [-0.39, 0.29) is 18.1 Å². The van der Waals surface area contributed by atoms with Crippen molar-refractivity contribution in [2.24, 2.45) is 11.1 Å². The van der Waals surface area contributed by atoms with Crippen LogP contribution < -0.4 is 11.1 Å². The van der Waals surface area contributed by atoms with Gasteiger partial charge in [-0.25, -0.2) is 9.67 Å². The van der Waals surface area contributed by atoms with E-state index in [1.807, 2.05) is 52.0 Å². The highest BCUT2D eigenvalue weighted by molar-refractivity contribution is 5.89. The maximum Gasteiger partial charge on any atom is 0.241 e. The van der Waals surface area contributed by atoms with Gasteiger partial charge in [0.15, 0.2) is 0 Å². The van der Waals surface area contributed by atoms with Crippen molar-refractivity contribution in [2.45, 2.75) is 51.8 Å². The van der Waals surface area contributed by atoms with Crippen LogP contribution >= 0.6 is 0 Å². The van der Waals surface area contributed by atoms with Crippen LogP contribution in [0.1, 0.15) is 45.7 Å². The largest absolute Gasteiger partial charge is 0.378 e. The van der Waals surface area contributed by atoms with E-state index in [4.69, 9.17) is 10.5 Å². The molecule has 1 aliphatic carbocycles. The summed E-state index contributed by atoms with van der Waals surface area (Å²) in [5.41, 5.74) is 7.06. The van der Waals surface area contributed by atoms with Crippen molar-refractivity contribution in [1.29, 1.82) is 0 Å². The number of nitrogens with two attached hydrogens (primary N) is 1. The Hall–Kier alpha value is -2.25. The summed E-state index contributed by atoms with van der Waals surface area (Å²) < 4.78 is 7.39. The first-order valence-corrected chi connectivity index (χ1v) is 8.96. The highest BCUT2D eigenvalue weighted by atomic mass is 16.5. The second-order valence-corrected chi connectivity index (χ2v) is 7.47. The molecule has 26 heavy (non-hydrogen) atoms. The fourth-order valence-electron chi connectivity index (χ4n) is 3.49. The quantitative estimate of drug-likeness (QED) is 0.824. The Morgan fingerprint density at radius 1 is 1.42 bits per heavy atom. The Bertz CT molecular complexity index is 757. The molecule has 0 radical (unpaired) electrons. The maximum atomic E-state index is 12.8. The van der Waals surface area contributed by atoms with E-state index in [2.05, 4.69) is 15.4 Å². The van der Waals surface area contributed by atoms with Crippen molar-refractivity contribution in [3.05, 3.63) is 42.5 Å². The molecule has 0 bridgehead atoms. The number of ether oxygens (including phenoxy) is 1. The molecule has 0 spiro atoms. The summed E-state index contributed by atoms with van der Waals surface area (Å²) in [6, 6.07) is 7.70. The number of hydrogen-bond acceptors (Lipinski definition) is 5. The lowest BCUT2D eigenvalue weighted by Crippen LogP contribution is -2.75. The van der Waals surface area contributed by atoms with E-state index >= 15 is 0 Å². The average molecular weight is 357 g/mol. The third-order valence-electron chi connectivity index (χ3n) is 5.66. The maximum absolute atomic E-state index is 12.8. The van der Waals surface area contributed by atoms with Crippen molar-refractivity contribution in [3.8, 4) is 5.69 Å². The van der Waals surface area contributed by atoms with Gasteiger partial charge in [-0.15, -0.1) is 0 Å². The van der Waals surface area contributed by atoms with Crippen molar-refractivity contribution in [1.82, 2.24) is 20.1 Å². The summed E-state index contributed by atoms with van der Waals surface area (Å²) in [6.45, 7) is 8.53. The van der Waals surface area contributed by atoms with Crippen LogP contribution in [-0.2, 0) is 9.53 Å². The molecule has 1 heterocycles. The third-order valence-corrected chi connectivity index (χ3v) is 5.66. The molecular weight excluding hydrogens is 330 g/mol. The molecule has 3 unspecified atom stereocenters. The van der Waals surface area contributed by atoms with Crippen LogP contribution in [0.3, 0.4) is 0 Å². The van der Waals surface area contributed by atoms with Crippen LogP contribution in [0.15, 0.2) is 36.9 Å². The normalized spacial score (nSPS) is 25.3. The first-order chi connectivity index (χ1) is 12.3. The molecule has 1 amide bonds. The lowest BCUT2D eigenvalue weighted by atomic mass is 9.54. The molecule has 1 aromatic carbocycles. The summed E-state index contributed by atoms with van der Waals surface area (Å²) in [4.78, 5) is 16.8. The van der Waals surface area contributed by atoms with Crippen LogP contribution in [0, 0.1) is 5.41 Å². The summed E-state index contributed by atoms with van der Waals surface area (Å²) in [5, 5.41) is 7.16. The molecule has 1 aliphatic rings. The lowest BCUT2D eigenvalue weighted by Gasteiger charge is -2.57. The summed E-state index contributed by atoms with van der Waals surface area (Å²) >= 11 is 0. The number of benzene rings is 1. The van der Waals surface area contributed by atoms with Crippen molar-refractivity contribution in [2.75, 3.05) is 6.61 Å². The molecular formula is C19H27N5O2. The Morgan fingerprint density at radius 2 is 2.12 bits per heavy atom. The lowest BCUT2D eigenvalue weighted by molar-refractivity contribution is -0.171. The number of carbonyl (C=O) groups excluding carboxylic acids is 1. The Balaban J connectivity index is 1.66. The van der Waals surface area contributed by atoms with Gasteiger partial charge in [0.2, 0.25) is 5.91 Å².